The van der Waals surface area contributed by atoms with Crippen LogP contribution in [-0.2, 0) is 30.7 Å². The predicted molar refractivity (Wildman–Crippen MR) is 147 cm³/mol. The number of ether oxygens (including phenoxy) is 1. The third kappa shape index (κ3) is 8.29. The van der Waals surface area contributed by atoms with Crippen LogP contribution in [0.1, 0.15) is 47.8 Å². The van der Waals surface area contributed by atoms with Gasteiger partial charge >= 0.3 is 0 Å². The summed E-state index contributed by atoms with van der Waals surface area (Å²) in [6.07, 6.45) is 7.44. The molecule has 1 aromatic carbocycles. The van der Waals surface area contributed by atoms with E-state index in [0.29, 0.717) is 43.7 Å². The Balaban J connectivity index is 1.41. The van der Waals surface area contributed by atoms with E-state index in [9.17, 15) is 18.4 Å². The van der Waals surface area contributed by atoms with Gasteiger partial charge in [-0.25, -0.2) is 8.78 Å². The van der Waals surface area contributed by atoms with Crippen molar-refractivity contribution in [3.05, 3.63) is 59.5 Å². The minimum Gasteiger partial charge on any atom is -0.494 e. The molecule has 210 valence electrons. The SMILES string of the molecule is CSCC(=O)Nc1nn(CCn2cccn2)c2c1C(=O)N[C@@H](CCc1cccc(OCCCC(C)(F)F)c1)C2. The Morgan fingerprint density at radius 1 is 1.31 bits per heavy atom. The number of aromatic nitrogens is 4. The second kappa shape index (κ2) is 13.1. The van der Waals surface area contributed by atoms with E-state index in [1.54, 1.807) is 15.6 Å². The number of anilines is 1. The van der Waals surface area contributed by atoms with E-state index in [-0.39, 0.29) is 48.9 Å². The van der Waals surface area contributed by atoms with Crippen molar-refractivity contribution >= 4 is 29.4 Å². The van der Waals surface area contributed by atoms with Gasteiger partial charge in [0.05, 0.1) is 31.1 Å². The summed E-state index contributed by atoms with van der Waals surface area (Å²) in [5.74, 6) is -1.95. The van der Waals surface area contributed by atoms with Gasteiger partial charge in [0, 0.05) is 31.3 Å². The molecule has 12 heteroatoms. The van der Waals surface area contributed by atoms with Gasteiger partial charge in [0.1, 0.15) is 11.3 Å². The fraction of sp³-hybridized carbons (Fsp3) is 0.481. The van der Waals surface area contributed by atoms with Crippen LogP contribution in [0.5, 0.6) is 5.75 Å². The molecule has 0 bridgehead atoms. The number of carbonyl (C=O) groups excluding carboxylic acids is 2. The van der Waals surface area contributed by atoms with Crippen LogP contribution in [0, 0.1) is 0 Å². The molecule has 2 aromatic heterocycles. The van der Waals surface area contributed by atoms with Crippen LogP contribution in [0.2, 0.25) is 0 Å². The molecular formula is C27H34F2N6O3S. The van der Waals surface area contributed by atoms with Gasteiger partial charge in [-0.1, -0.05) is 12.1 Å². The minimum absolute atomic E-state index is 0.115. The fourth-order valence-electron chi connectivity index (χ4n) is 4.56. The molecule has 0 fully saturated rings. The van der Waals surface area contributed by atoms with Gasteiger partial charge in [0.15, 0.2) is 5.82 Å². The highest BCUT2D eigenvalue weighted by Gasteiger charge is 2.32. The van der Waals surface area contributed by atoms with Crippen molar-refractivity contribution in [2.75, 3.05) is 23.9 Å². The first kappa shape index (κ1) is 28.6. The zero-order valence-corrected chi connectivity index (χ0v) is 23.0. The Hall–Kier alpha value is -3.41. The Morgan fingerprint density at radius 2 is 2.15 bits per heavy atom. The van der Waals surface area contributed by atoms with E-state index in [1.165, 1.54) is 11.8 Å². The maximum Gasteiger partial charge on any atom is 0.257 e. The summed E-state index contributed by atoms with van der Waals surface area (Å²) < 4.78 is 35.3. The van der Waals surface area contributed by atoms with Crippen molar-refractivity contribution in [1.29, 1.82) is 0 Å². The molecular weight excluding hydrogens is 526 g/mol. The molecule has 4 rings (SSSR count). The van der Waals surface area contributed by atoms with Gasteiger partial charge in [0.25, 0.3) is 5.91 Å². The molecule has 0 radical (unpaired) electrons. The van der Waals surface area contributed by atoms with Gasteiger partial charge in [-0.3, -0.25) is 19.0 Å². The van der Waals surface area contributed by atoms with Crippen LogP contribution < -0.4 is 15.4 Å². The lowest BCUT2D eigenvalue weighted by Crippen LogP contribution is -2.42. The number of carbonyl (C=O) groups is 2. The smallest absolute Gasteiger partial charge is 0.257 e. The van der Waals surface area contributed by atoms with Crippen LogP contribution in [0.3, 0.4) is 0 Å². The summed E-state index contributed by atoms with van der Waals surface area (Å²) in [7, 11) is 0. The summed E-state index contributed by atoms with van der Waals surface area (Å²) in [6.45, 7) is 2.22. The number of amides is 2. The molecule has 0 spiro atoms. The van der Waals surface area contributed by atoms with Crippen molar-refractivity contribution in [2.45, 2.75) is 64.1 Å². The average molecular weight is 561 g/mol. The van der Waals surface area contributed by atoms with Crippen LogP contribution in [0.4, 0.5) is 14.6 Å². The quantitative estimate of drug-likeness (QED) is 0.287. The summed E-state index contributed by atoms with van der Waals surface area (Å²) in [5.41, 5.74) is 2.24. The number of alkyl halides is 2. The Bertz CT molecular complexity index is 1260. The molecule has 0 aliphatic carbocycles. The average Bonchev–Trinajstić information content (AvgIpc) is 3.52. The summed E-state index contributed by atoms with van der Waals surface area (Å²) in [4.78, 5) is 25.4. The second-order valence-corrected chi connectivity index (χ2v) is 10.6. The minimum atomic E-state index is -2.69. The predicted octanol–water partition coefficient (Wildman–Crippen LogP) is 4.18. The first-order valence-corrected chi connectivity index (χ1v) is 14.4. The molecule has 0 saturated heterocycles. The molecule has 2 N–H and O–H groups in total. The lowest BCUT2D eigenvalue weighted by molar-refractivity contribution is -0.113. The van der Waals surface area contributed by atoms with E-state index >= 15 is 0 Å². The molecule has 9 nitrogen and oxygen atoms in total. The maximum absolute atomic E-state index is 13.2. The van der Waals surface area contributed by atoms with Crippen LogP contribution in [-0.4, -0.2) is 62.0 Å². The topological polar surface area (TPSA) is 103 Å². The number of halogens is 2. The monoisotopic (exact) mass is 560 g/mol. The highest BCUT2D eigenvalue weighted by atomic mass is 32.2. The molecule has 3 aromatic rings. The largest absolute Gasteiger partial charge is 0.494 e. The number of rotatable bonds is 14. The molecule has 0 saturated carbocycles. The lowest BCUT2D eigenvalue weighted by Gasteiger charge is -2.25. The Morgan fingerprint density at radius 3 is 2.90 bits per heavy atom. The number of fused-ring (bicyclic) bond motifs is 1. The Labute approximate surface area is 230 Å². The summed E-state index contributed by atoms with van der Waals surface area (Å²) in [5, 5.41) is 14.7. The number of nitrogens with zero attached hydrogens (tertiary/aromatic N) is 4. The zero-order valence-electron chi connectivity index (χ0n) is 22.2. The van der Waals surface area contributed by atoms with Crippen molar-refractivity contribution in [2.24, 2.45) is 0 Å². The molecule has 2 amide bonds. The molecule has 3 heterocycles. The lowest BCUT2D eigenvalue weighted by atomic mass is 9.96. The normalized spacial score (nSPS) is 15.1. The number of hydrogen-bond acceptors (Lipinski definition) is 6. The number of aryl methyl sites for hydroxylation is 3. The first-order valence-electron chi connectivity index (χ1n) is 13.0. The molecule has 39 heavy (non-hydrogen) atoms. The summed E-state index contributed by atoms with van der Waals surface area (Å²) in [6, 6.07) is 9.32. The fourth-order valence-corrected chi connectivity index (χ4v) is 4.90. The van der Waals surface area contributed by atoms with Crippen molar-refractivity contribution in [3.63, 3.8) is 0 Å². The molecule has 1 atom stereocenters. The highest BCUT2D eigenvalue weighted by molar-refractivity contribution is 7.99. The number of nitrogens with one attached hydrogen (secondary N) is 2. The van der Waals surface area contributed by atoms with Gasteiger partial charge in [0.2, 0.25) is 11.8 Å². The second-order valence-electron chi connectivity index (χ2n) is 9.73. The molecule has 1 aliphatic heterocycles. The Kier molecular flexibility index (Phi) is 9.60. The molecule has 0 unspecified atom stereocenters. The van der Waals surface area contributed by atoms with Gasteiger partial charge < -0.3 is 15.4 Å². The first-order chi connectivity index (χ1) is 18.7. The maximum atomic E-state index is 13.2. The number of benzene rings is 1. The van der Waals surface area contributed by atoms with E-state index in [1.807, 2.05) is 42.8 Å². The third-order valence-corrected chi connectivity index (χ3v) is 6.95. The van der Waals surface area contributed by atoms with E-state index in [2.05, 4.69) is 20.8 Å². The van der Waals surface area contributed by atoms with Crippen molar-refractivity contribution in [3.8, 4) is 5.75 Å². The van der Waals surface area contributed by atoms with Crippen molar-refractivity contribution < 1.29 is 23.1 Å². The van der Waals surface area contributed by atoms with Crippen LogP contribution in [0.25, 0.3) is 0 Å². The van der Waals surface area contributed by atoms with E-state index in [0.717, 1.165) is 18.2 Å². The van der Waals surface area contributed by atoms with Gasteiger partial charge in [-0.15, -0.1) is 0 Å². The van der Waals surface area contributed by atoms with E-state index in [4.69, 9.17) is 4.74 Å². The third-order valence-electron chi connectivity index (χ3n) is 6.40. The van der Waals surface area contributed by atoms with Crippen LogP contribution >= 0.6 is 11.8 Å². The standard InChI is InChI=1S/C27H34F2N6O3S/c1-27(28,29)10-4-15-38-21-7-3-6-19(16-21)8-9-20-17-22-24(26(37)31-20)25(32-23(36)18-39-2)33-35(22)14-13-34-12-5-11-30-34/h3,5-7,11-12,16,20H,4,8-10,13-15,17-18H2,1-2H3,(H,31,37)(H,32,33,36)/t20-/m0/s1. The molecule has 1 aliphatic rings. The number of hydrogen-bond donors (Lipinski definition) is 2. The zero-order chi connectivity index (χ0) is 27.8. The van der Waals surface area contributed by atoms with Crippen molar-refractivity contribution in [1.82, 2.24) is 24.9 Å². The van der Waals surface area contributed by atoms with Gasteiger partial charge in [-0.05, 0) is 56.2 Å². The van der Waals surface area contributed by atoms with Crippen LogP contribution in [0.15, 0.2) is 42.7 Å². The van der Waals surface area contributed by atoms with Gasteiger partial charge in [-0.2, -0.15) is 22.0 Å². The number of thioether (sulfide) groups is 1. The summed E-state index contributed by atoms with van der Waals surface area (Å²) >= 11 is 1.40. The van der Waals surface area contributed by atoms with E-state index < -0.39 is 5.92 Å². The highest BCUT2D eigenvalue weighted by Crippen LogP contribution is 2.27.